The molecule has 0 radical (unpaired) electrons. The summed E-state index contributed by atoms with van der Waals surface area (Å²) in [5, 5.41) is 14.8. The van der Waals surface area contributed by atoms with E-state index in [1.54, 1.807) is 24.3 Å². The van der Waals surface area contributed by atoms with Gasteiger partial charge in [-0.3, -0.25) is 4.79 Å². The number of hydrogen-bond donors (Lipinski definition) is 2. The van der Waals surface area contributed by atoms with E-state index in [2.05, 4.69) is 25.8 Å². The maximum absolute atomic E-state index is 11.5. The number of aryl methyl sites for hydroxylation is 1. The van der Waals surface area contributed by atoms with Crippen LogP contribution in [-0.4, -0.2) is 21.0 Å². The number of Topliss-reactive ketones (excluding diaryl/α,β-unsaturated/α-hetero) is 1. The first-order valence-electron chi connectivity index (χ1n) is 7.62. The highest BCUT2D eigenvalue weighted by molar-refractivity contribution is 6.30. The highest BCUT2D eigenvalue weighted by Gasteiger charge is 2.06. The number of aromatic nitrogens is 3. The monoisotopic (exact) mass is 353 g/mol. The van der Waals surface area contributed by atoms with Crippen molar-refractivity contribution in [1.29, 1.82) is 0 Å². The Balaban J connectivity index is 1.79. The molecule has 0 aliphatic carbocycles. The third kappa shape index (κ3) is 4.30. The number of nitrogens with zero attached hydrogens (tertiary/aromatic N) is 3. The van der Waals surface area contributed by atoms with Gasteiger partial charge < -0.3 is 10.6 Å². The van der Waals surface area contributed by atoms with E-state index in [0.29, 0.717) is 28.0 Å². The maximum Gasteiger partial charge on any atom is 0.249 e. The first-order chi connectivity index (χ1) is 12.0. The van der Waals surface area contributed by atoms with Crippen molar-refractivity contribution in [3.63, 3.8) is 0 Å². The van der Waals surface area contributed by atoms with Crippen LogP contribution < -0.4 is 10.6 Å². The molecule has 3 rings (SSSR count). The first kappa shape index (κ1) is 16.9. The van der Waals surface area contributed by atoms with E-state index in [9.17, 15) is 4.79 Å². The molecular weight excluding hydrogens is 338 g/mol. The van der Waals surface area contributed by atoms with Gasteiger partial charge in [0.1, 0.15) is 0 Å². The van der Waals surface area contributed by atoms with Crippen molar-refractivity contribution >= 4 is 40.5 Å². The molecule has 0 atom stereocenters. The van der Waals surface area contributed by atoms with Crippen molar-refractivity contribution in [2.75, 3.05) is 10.6 Å². The van der Waals surface area contributed by atoms with Gasteiger partial charge in [-0.2, -0.15) is 10.1 Å². The van der Waals surface area contributed by atoms with Crippen molar-refractivity contribution < 1.29 is 4.79 Å². The molecule has 126 valence electrons. The number of ketones is 1. The Morgan fingerprint density at radius 3 is 2.72 bits per heavy atom. The molecule has 6 nitrogen and oxygen atoms in total. The van der Waals surface area contributed by atoms with Gasteiger partial charge in [-0.25, -0.2) is 0 Å². The summed E-state index contributed by atoms with van der Waals surface area (Å²) in [5.74, 6) is 0.874. The molecule has 1 heterocycles. The van der Waals surface area contributed by atoms with Crippen LogP contribution in [0.1, 0.15) is 22.8 Å². The minimum Gasteiger partial charge on any atom is -0.339 e. The Morgan fingerprint density at radius 2 is 1.96 bits per heavy atom. The minimum absolute atomic E-state index is 0.00340. The molecule has 0 unspecified atom stereocenters. The van der Waals surface area contributed by atoms with Crippen LogP contribution >= 0.6 is 11.6 Å². The number of carbonyl (C=O) groups is 1. The predicted octanol–water partition coefficient (Wildman–Crippen LogP) is 4.52. The Bertz CT molecular complexity index is 929. The Labute approximate surface area is 150 Å². The van der Waals surface area contributed by atoms with E-state index in [4.69, 9.17) is 11.6 Å². The van der Waals surface area contributed by atoms with Gasteiger partial charge in [0.15, 0.2) is 11.6 Å². The molecule has 25 heavy (non-hydrogen) atoms. The van der Waals surface area contributed by atoms with Gasteiger partial charge in [-0.15, -0.1) is 5.10 Å². The number of rotatable bonds is 5. The number of halogens is 1. The van der Waals surface area contributed by atoms with Gasteiger partial charge in [0, 0.05) is 22.0 Å². The Hall–Kier alpha value is -2.99. The standard InChI is InChI=1S/C18H16ClN5O/c1-11-8-14(19)6-7-16(11)22-17-10-20-24-18(23-17)21-15-5-3-4-13(9-15)12(2)25/h3-10H,1-2H3,(H2,21,22,23,24). The molecule has 0 fully saturated rings. The molecule has 0 bridgehead atoms. The number of anilines is 4. The summed E-state index contributed by atoms with van der Waals surface area (Å²) < 4.78 is 0. The van der Waals surface area contributed by atoms with Crippen LogP contribution in [0.4, 0.5) is 23.1 Å². The molecule has 0 saturated carbocycles. The second-order valence-corrected chi connectivity index (χ2v) is 5.95. The van der Waals surface area contributed by atoms with Gasteiger partial charge in [0.2, 0.25) is 5.95 Å². The van der Waals surface area contributed by atoms with Crippen molar-refractivity contribution in [1.82, 2.24) is 15.2 Å². The summed E-state index contributed by atoms with van der Waals surface area (Å²) in [5.41, 5.74) is 3.21. The van der Waals surface area contributed by atoms with Gasteiger partial charge >= 0.3 is 0 Å². The van der Waals surface area contributed by atoms with Gasteiger partial charge in [-0.05, 0) is 49.7 Å². The van der Waals surface area contributed by atoms with E-state index < -0.39 is 0 Å². The SMILES string of the molecule is CC(=O)c1cccc(Nc2nncc(Nc3ccc(Cl)cc3C)n2)c1. The highest BCUT2D eigenvalue weighted by atomic mass is 35.5. The molecule has 7 heteroatoms. The van der Waals surface area contributed by atoms with Crippen molar-refractivity contribution in [3.8, 4) is 0 Å². The molecular formula is C18H16ClN5O. The second kappa shape index (κ2) is 7.27. The summed E-state index contributed by atoms with van der Waals surface area (Å²) in [6.45, 7) is 3.48. The fourth-order valence-corrected chi connectivity index (χ4v) is 2.49. The molecule has 3 aromatic rings. The average Bonchev–Trinajstić information content (AvgIpc) is 2.58. The van der Waals surface area contributed by atoms with Crippen LogP contribution in [0.3, 0.4) is 0 Å². The van der Waals surface area contributed by atoms with E-state index in [1.165, 1.54) is 13.1 Å². The smallest absolute Gasteiger partial charge is 0.249 e. The van der Waals surface area contributed by atoms with Gasteiger partial charge in [0.05, 0.1) is 6.20 Å². The van der Waals surface area contributed by atoms with Crippen LogP contribution in [-0.2, 0) is 0 Å². The summed E-state index contributed by atoms with van der Waals surface area (Å²) >= 11 is 5.97. The minimum atomic E-state index is -0.00340. The van der Waals surface area contributed by atoms with Crippen LogP contribution in [0.25, 0.3) is 0 Å². The molecule has 0 spiro atoms. The van der Waals surface area contributed by atoms with Crippen molar-refractivity contribution in [2.45, 2.75) is 13.8 Å². The lowest BCUT2D eigenvalue weighted by Crippen LogP contribution is -2.03. The van der Waals surface area contributed by atoms with Gasteiger partial charge in [0.25, 0.3) is 0 Å². The van der Waals surface area contributed by atoms with E-state index in [0.717, 1.165) is 11.3 Å². The van der Waals surface area contributed by atoms with Crippen molar-refractivity contribution in [2.24, 2.45) is 0 Å². The lowest BCUT2D eigenvalue weighted by atomic mass is 10.1. The first-order valence-corrected chi connectivity index (χ1v) is 8.00. The largest absolute Gasteiger partial charge is 0.339 e. The normalized spacial score (nSPS) is 10.4. The zero-order valence-corrected chi connectivity index (χ0v) is 14.5. The lowest BCUT2D eigenvalue weighted by Gasteiger charge is -2.10. The summed E-state index contributed by atoms with van der Waals surface area (Å²) in [7, 11) is 0. The number of nitrogens with one attached hydrogen (secondary N) is 2. The van der Waals surface area contributed by atoms with Gasteiger partial charge in [-0.1, -0.05) is 23.7 Å². The topological polar surface area (TPSA) is 79.8 Å². The van der Waals surface area contributed by atoms with Crippen LogP contribution in [0, 0.1) is 6.92 Å². The lowest BCUT2D eigenvalue weighted by molar-refractivity contribution is 0.101. The zero-order valence-electron chi connectivity index (χ0n) is 13.7. The average molecular weight is 354 g/mol. The third-order valence-corrected chi connectivity index (χ3v) is 3.77. The summed E-state index contributed by atoms with van der Waals surface area (Å²) in [4.78, 5) is 15.9. The Kier molecular flexibility index (Phi) is 4.90. The Morgan fingerprint density at radius 1 is 1.12 bits per heavy atom. The fourth-order valence-electron chi connectivity index (χ4n) is 2.27. The van der Waals surface area contributed by atoms with Crippen molar-refractivity contribution in [3.05, 3.63) is 64.8 Å². The molecule has 1 aromatic heterocycles. The highest BCUT2D eigenvalue weighted by Crippen LogP contribution is 2.23. The predicted molar refractivity (Wildman–Crippen MR) is 99.0 cm³/mol. The maximum atomic E-state index is 11.5. The molecule has 0 aliphatic rings. The van der Waals surface area contributed by atoms with Crippen LogP contribution in [0.2, 0.25) is 5.02 Å². The fraction of sp³-hybridized carbons (Fsp3) is 0.111. The van der Waals surface area contributed by atoms with Crippen LogP contribution in [0.5, 0.6) is 0 Å². The van der Waals surface area contributed by atoms with E-state index in [-0.39, 0.29) is 5.78 Å². The molecule has 0 saturated heterocycles. The number of carbonyl (C=O) groups excluding carboxylic acids is 1. The third-order valence-electron chi connectivity index (χ3n) is 3.54. The molecule has 2 aromatic carbocycles. The molecule has 0 aliphatic heterocycles. The number of benzene rings is 2. The summed E-state index contributed by atoms with van der Waals surface area (Å²) in [6, 6.07) is 12.7. The molecule has 0 amide bonds. The van der Waals surface area contributed by atoms with E-state index >= 15 is 0 Å². The second-order valence-electron chi connectivity index (χ2n) is 5.51. The number of hydrogen-bond acceptors (Lipinski definition) is 6. The van der Waals surface area contributed by atoms with Crippen LogP contribution in [0.15, 0.2) is 48.7 Å². The molecule has 2 N–H and O–H groups in total. The zero-order chi connectivity index (χ0) is 17.8. The summed E-state index contributed by atoms with van der Waals surface area (Å²) in [6.07, 6.45) is 1.53. The van der Waals surface area contributed by atoms with E-state index in [1.807, 2.05) is 25.1 Å². The quantitative estimate of drug-likeness (QED) is 0.656.